The maximum absolute atomic E-state index is 12.1. The molecule has 4 rings (SSSR count). The largest absolute Gasteiger partial charge is 0.493 e. The molecule has 3 heterocycles. The molecule has 1 amide bonds. The number of nitrogens with two attached hydrogens (primary N) is 1. The van der Waals surface area contributed by atoms with E-state index in [1.807, 2.05) is 24.3 Å². The van der Waals surface area contributed by atoms with Crippen molar-refractivity contribution in [2.24, 2.45) is 0 Å². The fourth-order valence-electron chi connectivity index (χ4n) is 3.24. The van der Waals surface area contributed by atoms with E-state index in [0.717, 1.165) is 22.4 Å². The summed E-state index contributed by atoms with van der Waals surface area (Å²) in [6, 6.07) is 9.44. The van der Waals surface area contributed by atoms with Crippen LogP contribution in [0.15, 0.2) is 35.9 Å². The Morgan fingerprint density at radius 3 is 3.04 bits per heavy atom. The van der Waals surface area contributed by atoms with E-state index in [0.29, 0.717) is 30.4 Å². The third-order valence-electron chi connectivity index (χ3n) is 4.37. The van der Waals surface area contributed by atoms with Crippen molar-refractivity contribution in [1.82, 2.24) is 4.98 Å². The minimum absolute atomic E-state index is 0.0667. The van der Waals surface area contributed by atoms with E-state index in [2.05, 4.69) is 16.4 Å². The van der Waals surface area contributed by atoms with Gasteiger partial charge in [0, 0.05) is 23.5 Å². The number of benzene rings is 1. The second-order valence-electron chi connectivity index (χ2n) is 5.87. The Morgan fingerprint density at radius 2 is 2.21 bits per heavy atom. The van der Waals surface area contributed by atoms with Gasteiger partial charge < -0.3 is 20.5 Å². The van der Waals surface area contributed by atoms with Gasteiger partial charge in [-0.3, -0.25) is 4.79 Å². The van der Waals surface area contributed by atoms with Gasteiger partial charge in [0.2, 0.25) is 5.91 Å². The number of rotatable bonds is 2. The number of anilines is 2. The highest BCUT2D eigenvalue weighted by molar-refractivity contribution is 5.94. The van der Waals surface area contributed by atoms with Gasteiger partial charge in [0.05, 0.1) is 7.11 Å². The zero-order chi connectivity index (χ0) is 16.7. The van der Waals surface area contributed by atoms with Crippen molar-refractivity contribution >= 4 is 23.6 Å². The number of pyridine rings is 1. The molecule has 2 aliphatic rings. The Hall–Kier alpha value is -3.02. The van der Waals surface area contributed by atoms with Gasteiger partial charge in [-0.15, -0.1) is 0 Å². The summed E-state index contributed by atoms with van der Waals surface area (Å²) in [4.78, 5) is 16.3. The quantitative estimate of drug-likeness (QED) is 0.887. The lowest BCUT2D eigenvalue weighted by Gasteiger charge is -2.29. The number of para-hydroxylation sites is 1. The van der Waals surface area contributed by atoms with Gasteiger partial charge in [-0.05, 0) is 23.8 Å². The molecule has 0 bridgehead atoms. The minimum atomic E-state index is -0.0683. The van der Waals surface area contributed by atoms with Crippen LogP contribution in [0.1, 0.15) is 23.5 Å². The normalized spacial score (nSPS) is 18.6. The first kappa shape index (κ1) is 14.6. The van der Waals surface area contributed by atoms with Crippen molar-refractivity contribution in [2.75, 3.05) is 24.8 Å². The Balaban J connectivity index is 1.77. The molecule has 1 aromatic heterocycles. The van der Waals surface area contributed by atoms with Crippen LogP contribution in [0.2, 0.25) is 0 Å². The van der Waals surface area contributed by atoms with Gasteiger partial charge in [-0.2, -0.15) is 0 Å². The molecule has 0 spiro atoms. The monoisotopic (exact) mass is 323 g/mol. The number of ether oxygens (including phenoxy) is 2. The lowest BCUT2D eigenvalue weighted by Crippen LogP contribution is -2.27. The van der Waals surface area contributed by atoms with E-state index in [1.54, 1.807) is 13.2 Å². The molecule has 122 valence electrons. The predicted octanol–water partition coefficient (Wildman–Crippen LogP) is 2.57. The van der Waals surface area contributed by atoms with E-state index in [-0.39, 0.29) is 11.8 Å². The van der Waals surface area contributed by atoms with E-state index in [4.69, 9.17) is 15.2 Å². The van der Waals surface area contributed by atoms with Crippen LogP contribution in [0.5, 0.6) is 11.5 Å². The molecule has 2 aromatic rings. The smallest absolute Gasteiger partial charge is 0.226 e. The van der Waals surface area contributed by atoms with Crippen LogP contribution in [0.3, 0.4) is 0 Å². The molecule has 6 nitrogen and oxygen atoms in total. The molecular formula is C18H17N3O3. The second kappa shape index (κ2) is 5.56. The number of hydrogen-bond acceptors (Lipinski definition) is 5. The highest BCUT2D eigenvalue weighted by Gasteiger charge is 2.31. The lowest BCUT2D eigenvalue weighted by molar-refractivity contribution is -0.116. The Bertz CT molecular complexity index is 861. The zero-order valence-corrected chi connectivity index (χ0v) is 13.2. The summed E-state index contributed by atoms with van der Waals surface area (Å²) < 4.78 is 11.3. The van der Waals surface area contributed by atoms with Crippen LogP contribution < -0.4 is 20.5 Å². The van der Waals surface area contributed by atoms with Gasteiger partial charge in [0.25, 0.3) is 0 Å². The van der Waals surface area contributed by atoms with Crippen molar-refractivity contribution in [2.45, 2.75) is 12.3 Å². The van der Waals surface area contributed by atoms with Gasteiger partial charge in [-0.25, -0.2) is 4.98 Å². The van der Waals surface area contributed by atoms with Crippen LogP contribution in [0.25, 0.3) is 6.08 Å². The number of nitrogens with one attached hydrogen (secondary N) is 1. The summed E-state index contributed by atoms with van der Waals surface area (Å²) in [6.07, 6.45) is 2.44. The second-order valence-corrected chi connectivity index (χ2v) is 5.87. The summed E-state index contributed by atoms with van der Waals surface area (Å²) in [7, 11) is 1.62. The Kier molecular flexibility index (Phi) is 3.37. The number of fused-ring (bicyclic) bond motifs is 2. The number of nitrogen functional groups attached to an aromatic ring is 1. The van der Waals surface area contributed by atoms with Crippen molar-refractivity contribution in [3.05, 3.63) is 47.0 Å². The number of carbonyl (C=O) groups is 1. The maximum Gasteiger partial charge on any atom is 0.226 e. The van der Waals surface area contributed by atoms with E-state index >= 15 is 0 Å². The summed E-state index contributed by atoms with van der Waals surface area (Å²) in [6.45, 7) is 0.412. The van der Waals surface area contributed by atoms with Gasteiger partial charge >= 0.3 is 0 Å². The maximum atomic E-state index is 12.1. The van der Waals surface area contributed by atoms with Crippen LogP contribution in [0, 0.1) is 0 Å². The molecule has 0 saturated heterocycles. The molecular weight excluding hydrogens is 306 g/mol. The third-order valence-corrected chi connectivity index (χ3v) is 4.37. The zero-order valence-electron chi connectivity index (χ0n) is 13.2. The summed E-state index contributed by atoms with van der Waals surface area (Å²) in [5.41, 5.74) is 8.68. The number of aromatic nitrogens is 1. The fraction of sp³-hybridized carbons (Fsp3) is 0.222. The summed E-state index contributed by atoms with van der Waals surface area (Å²) >= 11 is 0. The molecule has 1 atom stereocenters. The number of amides is 1. The van der Waals surface area contributed by atoms with Crippen molar-refractivity contribution in [3.8, 4) is 11.5 Å². The number of nitrogens with zero attached hydrogens (tertiary/aromatic N) is 1. The molecule has 0 fully saturated rings. The first-order valence-electron chi connectivity index (χ1n) is 7.72. The Morgan fingerprint density at radius 1 is 1.33 bits per heavy atom. The number of methoxy groups -OCH3 is 1. The average Bonchev–Trinajstić information content (AvgIpc) is 2.59. The van der Waals surface area contributed by atoms with Gasteiger partial charge in [0.15, 0.2) is 11.5 Å². The van der Waals surface area contributed by atoms with Crippen molar-refractivity contribution < 1.29 is 14.3 Å². The molecule has 3 N–H and O–H groups in total. The highest BCUT2D eigenvalue weighted by Crippen LogP contribution is 2.42. The molecule has 0 saturated carbocycles. The van der Waals surface area contributed by atoms with Crippen LogP contribution in [0.4, 0.5) is 11.6 Å². The molecule has 1 aromatic carbocycles. The van der Waals surface area contributed by atoms with Crippen LogP contribution >= 0.6 is 0 Å². The lowest BCUT2D eigenvalue weighted by atomic mass is 9.84. The molecule has 6 heteroatoms. The SMILES string of the molecule is COc1cccc2c1OCC(C1CC(=O)Nc3nc(N)ccc31)=C2. The van der Waals surface area contributed by atoms with Crippen molar-refractivity contribution in [3.63, 3.8) is 0 Å². The number of hydrogen-bond donors (Lipinski definition) is 2. The summed E-state index contributed by atoms with van der Waals surface area (Å²) in [5, 5.41) is 2.79. The van der Waals surface area contributed by atoms with Crippen LogP contribution in [-0.2, 0) is 4.79 Å². The van der Waals surface area contributed by atoms with Gasteiger partial charge in [-0.1, -0.05) is 18.2 Å². The third kappa shape index (κ3) is 2.36. The first-order chi connectivity index (χ1) is 11.7. The van der Waals surface area contributed by atoms with E-state index in [1.165, 1.54) is 0 Å². The average molecular weight is 323 g/mol. The van der Waals surface area contributed by atoms with E-state index in [9.17, 15) is 4.79 Å². The van der Waals surface area contributed by atoms with E-state index < -0.39 is 0 Å². The molecule has 0 radical (unpaired) electrons. The standard InChI is InChI=1S/C18H17N3O3/c1-23-14-4-2-3-10-7-11(9-24-17(10)14)13-8-16(22)21-18-12(13)5-6-15(19)20-18/h2-7,13H,8-9H2,1H3,(H3,19,20,21,22). The number of carbonyl (C=O) groups excluding carboxylic acids is 1. The van der Waals surface area contributed by atoms with Crippen LogP contribution in [-0.4, -0.2) is 24.6 Å². The molecule has 24 heavy (non-hydrogen) atoms. The first-order valence-corrected chi connectivity index (χ1v) is 7.72. The molecule has 0 aliphatic carbocycles. The fourth-order valence-corrected chi connectivity index (χ4v) is 3.24. The molecule has 1 unspecified atom stereocenters. The predicted molar refractivity (Wildman–Crippen MR) is 91.1 cm³/mol. The minimum Gasteiger partial charge on any atom is -0.493 e. The Labute approximate surface area is 139 Å². The van der Waals surface area contributed by atoms with Crippen molar-refractivity contribution in [1.29, 1.82) is 0 Å². The topological polar surface area (TPSA) is 86.5 Å². The highest BCUT2D eigenvalue weighted by atomic mass is 16.5. The summed E-state index contributed by atoms with van der Waals surface area (Å²) in [5.74, 6) is 2.23. The molecule has 2 aliphatic heterocycles. The van der Waals surface area contributed by atoms with Gasteiger partial charge in [0.1, 0.15) is 18.2 Å².